The van der Waals surface area contributed by atoms with E-state index in [1.807, 2.05) is 25.1 Å². The van der Waals surface area contributed by atoms with Gasteiger partial charge < -0.3 is 10.2 Å². The van der Waals surface area contributed by atoms with Gasteiger partial charge in [-0.25, -0.2) is 9.00 Å². The Labute approximate surface area is 182 Å². The highest BCUT2D eigenvalue weighted by atomic mass is 32.2. The van der Waals surface area contributed by atoms with Gasteiger partial charge in [0, 0.05) is 12.2 Å². The number of carbonyl (C=O) groups is 2. The second-order valence-electron chi connectivity index (χ2n) is 8.78. The number of benzene rings is 2. The smallest absolute Gasteiger partial charge is 0.305 e. The van der Waals surface area contributed by atoms with Crippen molar-refractivity contribution in [3.8, 4) is 0 Å². The number of amides is 3. The number of aryl methyl sites for hydroxylation is 2. The molecule has 1 aliphatic heterocycles. The summed E-state index contributed by atoms with van der Waals surface area (Å²) in [6, 6.07) is 6.81. The van der Waals surface area contributed by atoms with E-state index < -0.39 is 21.9 Å². The minimum absolute atomic E-state index is 0.288. The number of carbonyl (C=O) groups excluding carboxylic acids is 2. The van der Waals surface area contributed by atoms with E-state index in [4.69, 9.17) is 0 Å². The lowest BCUT2D eigenvalue weighted by Gasteiger charge is -2.15. The molecule has 8 heteroatoms. The average molecular weight is 439 g/mol. The van der Waals surface area contributed by atoms with Crippen molar-refractivity contribution in [1.29, 1.82) is 0 Å². The lowest BCUT2D eigenvalue weighted by molar-refractivity contribution is 0.0985. The number of rotatable bonds is 3. The van der Waals surface area contributed by atoms with E-state index in [9.17, 15) is 13.8 Å². The molecule has 0 saturated heterocycles. The lowest BCUT2D eigenvalue weighted by Crippen LogP contribution is -2.23. The molecule has 0 fully saturated rings. The van der Waals surface area contributed by atoms with Crippen LogP contribution in [0.3, 0.4) is 0 Å². The fraction of sp³-hybridized carbons (Fsp3) is 0.391. The summed E-state index contributed by atoms with van der Waals surface area (Å²) in [5.41, 5.74) is 7.03. The topological polar surface area (TPSA) is 90.9 Å². The van der Waals surface area contributed by atoms with E-state index in [1.54, 1.807) is 12.1 Å². The Morgan fingerprint density at radius 3 is 2.42 bits per heavy atom. The predicted octanol–water partition coefficient (Wildman–Crippen LogP) is 3.44. The first-order valence-corrected chi connectivity index (χ1v) is 12.2. The zero-order valence-corrected chi connectivity index (χ0v) is 18.6. The largest absolute Gasteiger partial charge is 0.355 e. The van der Waals surface area contributed by atoms with Crippen molar-refractivity contribution in [3.05, 3.63) is 57.6 Å². The third kappa shape index (κ3) is 3.53. The fourth-order valence-corrected chi connectivity index (χ4v) is 6.63. The Hall–Kier alpha value is -2.71. The highest BCUT2D eigenvalue weighted by Crippen LogP contribution is 2.38. The van der Waals surface area contributed by atoms with Crippen LogP contribution < -0.4 is 10.0 Å². The molecule has 2 N–H and O–H groups in total. The monoisotopic (exact) mass is 438 g/mol. The molecule has 3 amide bonds. The van der Waals surface area contributed by atoms with Crippen molar-refractivity contribution < 1.29 is 13.8 Å². The van der Waals surface area contributed by atoms with Crippen molar-refractivity contribution in [2.24, 2.45) is 4.36 Å². The molecule has 0 saturated carbocycles. The van der Waals surface area contributed by atoms with Gasteiger partial charge in [-0.1, -0.05) is 12.1 Å². The number of nitrogens with one attached hydrogen (secondary N) is 2. The Balaban J connectivity index is 1.51. The van der Waals surface area contributed by atoms with E-state index in [0.29, 0.717) is 12.1 Å². The molecule has 2 aromatic rings. The number of hydrogen-bond acceptors (Lipinski definition) is 4. The lowest BCUT2D eigenvalue weighted by atomic mass is 9.99. The summed E-state index contributed by atoms with van der Waals surface area (Å²) in [4.78, 5) is 27.6. The van der Waals surface area contributed by atoms with Crippen LogP contribution in [-0.2, 0) is 42.1 Å². The van der Waals surface area contributed by atoms with Crippen LogP contribution >= 0.6 is 0 Å². The number of hydrogen-bond donors (Lipinski definition) is 2. The third-order valence-electron chi connectivity index (χ3n) is 6.24. The van der Waals surface area contributed by atoms with Gasteiger partial charge in [0.1, 0.15) is 0 Å². The highest BCUT2D eigenvalue weighted by Gasteiger charge is 2.33. The molecule has 2 aromatic carbocycles. The summed E-state index contributed by atoms with van der Waals surface area (Å²) >= 11 is 0. The van der Waals surface area contributed by atoms with Gasteiger partial charge in [-0.2, -0.15) is 0 Å². The Morgan fingerprint density at radius 2 is 1.77 bits per heavy atom. The molecule has 1 heterocycles. The van der Waals surface area contributed by atoms with Crippen molar-refractivity contribution in [2.45, 2.75) is 50.0 Å². The highest BCUT2D eigenvalue weighted by molar-refractivity contribution is 7.93. The zero-order chi connectivity index (χ0) is 21.8. The van der Waals surface area contributed by atoms with Gasteiger partial charge >= 0.3 is 6.03 Å². The molecule has 0 radical (unpaired) electrons. The second-order valence-corrected chi connectivity index (χ2v) is 10.7. The summed E-state index contributed by atoms with van der Waals surface area (Å²) in [6.45, 7) is 0.630. The second kappa shape index (κ2) is 7.46. The van der Waals surface area contributed by atoms with Crippen LogP contribution in [0, 0.1) is 0 Å². The van der Waals surface area contributed by atoms with Crippen molar-refractivity contribution in [3.63, 3.8) is 0 Å². The van der Waals surface area contributed by atoms with E-state index in [-0.39, 0.29) is 4.90 Å². The molecule has 3 aliphatic rings. The maximum Gasteiger partial charge on any atom is 0.355 e. The van der Waals surface area contributed by atoms with E-state index in [1.165, 1.54) is 22.3 Å². The van der Waals surface area contributed by atoms with Gasteiger partial charge in [0.15, 0.2) is 9.92 Å². The van der Waals surface area contributed by atoms with E-state index in [0.717, 1.165) is 49.8 Å². The van der Waals surface area contributed by atoms with Crippen LogP contribution in [0.2, 0.25) is 0 Å². The summed E-state index contributed by atoms with van der Waals surface area (Å²) in [5, 5.41) is 2.94. The standard InChI is InChI=1S/C23H26N4O3S/c1-27(2)13-14-9-10-19-20(11-14)31(30,25-22(19)28)26-23(29)24-21-17-7-3-5-15(17)12-16-6-4-8-18(16)21/h9-12H,3-8,13H2,1-2H3,(H2,24,25,26,28,29,30). The molecule has 162 valence electrons. The van der Waals surface area contributed by atoms with Crippen LogP contribution in [-0.4, -0.2) is 35.1 Å². The van der Waals surface area contributed by atoms with Crippen molar-refractivity contribution in [1.82, 2.24) is 9.62 Å². The average Bonchev–Trinajstić information content (AvgIpc) is 3.40. The number of nitrogens with zero attached hydrogens (tertiary/aromatic N) is 2. The summed E-state index contributed by atoms with van der Waals surface area (Å²) < 4.78 is 20.0. The quantitative estimate of drug-likeness (QED) is 0.768. The first-order chi connectivity index (χ1) is 14.8. The van der Waals surface area contributed by atoms with Crippen LogP contribution in [0.1, 0.15) is 51.0 Å². The Morgan fingerprint density at radius 1 is 1.10 bits per heavy atom. The molecule has 1 unspecified atom stereocenters. The maximum atomic E-state index is 13.6. The molecule has 7 nitrogen and oxygen atoms in total. The minimum Gasteiger partial charge on any atom is -0.305 e. The first-order valence-electron chi connectivity index (χ1n) is 10.7. The summed E-state index contributed by atoms with van der Waals surface area (Å²) in [7, 11) is 0.493. The summed E-state index contributed by atoms with van der Waals surface area (Å²) in [5.74, 6) is -0.463. The van der Waals surface area contributed by atoms with Crippen LogP contribution in [0.5, 0.6) is 0 Å². The zero-order valence-electron chi connectivity index (χ0n) is 17.8. The molecule has 0 spiro atoms. The first kappa shape index (κ1) is 20.2. The van der Waals surface area contributed by atoms with Gasteiger partial charge in [0.05, 0.1) is 10.5 Å². The molecule has 0 aromatic heterocycles. The number of urea groups is 1. The predicted molar refractivity (Wildman–Crippen MR) is 120 cm³/mol. The van der Waals surface area contributed by atoms with E-state index in [2.05, 4.69) is 20.5 Å². The van der Waals surface area contributed by atoms with Crippen molar-refractivity contribution >= 4 is 27.5 Å². The Kier molecular flexibility index (Phi) is 4.86. The van der Waals surface area contributed by atoms with Crippen LogP contribution in [0.4, 0.5) is 10.5 Å². The molecule has 31 heavy (non-hydrogen) atoms. The Bertz CT molecular complexity index is 1210. The molecular formula is C23H26N4O3S. The van der Waals surface area contributed by atoms with Gasteiger partial charge in [-0.05, 0) is 92.6 Å². The summed E-state index contributed by atoms with van der Waals surface area (Å²) in [6.07, 6.45) is 6.07. The molecule has 2 aliphatic carbocycles. The minimum atomic E-state index is -3.37. The number of anilines is 1. The van der Waals surface area contributed by atoms with Gasteiger partial charge in [0.25, 0.3) is 5.91 Å². The van der Waals surface area contributed by atoms with Crippen LogP contribution in [0.25, 0.3) is 0 Å². The molecule has 5 rings (SSSR count). The normalized spacial score (nSPS) is 20.9. The van der Waals surface area contributed by atoms with Gasteiger partial charge in [0.2, 0.25) is 0 Å². The fourth-order valence-electron chi connectivity index (χ4n) is 4.97. The van der Waals surface area contributed by atoms with Gasteiger partial charge in [-0.15, -0.1) is 4.36 Å². The SMILES string of the molecule is CN(C)Cc1ccc2c(c1)S(=O)(=NC(=O)Nc1c3c(cc4c1CCC4)CCC3)NC2=O. The molecule has 0 bridgehead atoms. The maximum absolute atomic E-state index is 13.6. The van der Waals surface area contributed by atoms with E-state index >= 15 is 0 Å². The van der Waals surface area contributed by atoms with Gasteiger partial charge in [-0.3, -0.25) is 9.52 Å². The van der Waals surface area contributed by atoms with Crippen molar-refractivity contribution in [2.75, 3.05) is 19.4 Å². The third-order valence-corrected chi connectivity index (χ3v) is 8.05. The van der Waals surface area contributed by atoms with Crippen LogP contribution in [0.15, 0.2) is 33.5 Å². The molecule has 1 atom stereocenters. The molecular weight excluding hydrogens is 412 g/mol. The number of fused-ring (bicyclic) bond motifs is 3.